The molecule has 0 bridgehead atoms. The zero-order valence-electron chi connectivity index (χ0n) is 13.1. The van der Waals surface area contributed by atoms with E-state index in [0.717, 1.165) is 37.0 Å². The van der Waals surface area contributed by atoms with Crippen molar-refractivity contribution in [2.24, 2.45) is 0 Å². The first-order valence-electron chi connectivity index (χ1n) is 7.70. The summed E-state index contributed by atoms with van der Waals surface area (Å²) in [5, 5.41) is 3.32. The molecule has 2 aromatic rings. The number of aromatic nitrogens is 2. The number of piperidine rings is 1. The van der Waals surface area contributed by atoms with Gasteiger partial charge in [-0.2, -0.15) is 0 Å². The van der Waals surface area contributed by atoms with E-state index < -0.39 is 0 Å². The van der Waals surface area contributed by atoms with Crippen LogP contribution in [0.4, 0.5) is 0 Å². The van der Waals surface area contributed by atoms with Gasteiger partial charge >= 0.3 is 5.69 Å². The van der Waals surface area contributed by atoms with Gasteiger partial charge in [0.2, 0.25) is 5.91 Å². The van der Waals surface area contributed by atoms with Crippen LogP contribution in [0, 0.1) is 0 Å². The molecule has 6 nitrogen and oxygen atoms in total. The summed E-state index contributed by atoms with van der Waals surface area (Å²) in [4.78, 5) is 26.4. The molecule has 2 heterocycles. The molecule has 0 atom stereocenters. The van der Waals surface area contributed by atoms with E-state index in [-0.39, 0.29) is 24.2 Å². The van der Waals surface area contributed by atoms with Gasteiger partial charge in [0.1, 0.15) is 6.54 Å². The van der Waals surface area contributed by atoms with Gasteiger partial charge < -0.3 is 10.2 Å². The number of hydrogen-bond donors (Lipinski definition) is 1. The molecule has 1 aromatic carbocycles. The molecule has 1 N–H and O–H groups in total. The highest BCUT2D eigenvalue weighted by Gasteiger charge is 2.23. The number of para-hydroxylation sites is 2. The maximum absolute atomic E-state index is 12.9. The molecule has 1 aliphatic rings. The monoisotopic (exact) mass is 302 g/mol. The molecule has 0 radical (unpaired) electrons. The summed E-state index contributed by atoms with van der Waals surface area (Å²) in [7, 11) is 3.42. The summed E-state index contributed by atoms with van der Waals surface area (Å²) in [5.41, 5.74) is 1.68. The SMILES string of the molecule is CN(C)C(=O)Cn1c(=O)n(C2CCNCC2)c2ccccc21. The molecule has 1 aliphatic heterocycles. The van der Waals surface area contributed by atoms with Crippen molar-refractivity contribution in [2.45, 2.75) is 25.4 Å². The van der Waals surface area contributed by atoms with Gasteiger partial charge in [0.15, 0.2) is 0 Å². The quantitative estimate of drug-likeness (QED) is 0.913. The van der Waals surface area contributed by atoms with Crippen molar-refractivity contribution in [3.05, 3.63) is 34.7 Å². The Bertz CT molecular complexity index is 738. The number of nitrogens with zero attached hydrogens (tertiary/aromatic N) is 3. The number of rotatable bonds is 3. The number of imidazole rings is 1. The zero-order valence-corrected chi connectivity index (χ0v) is 13.1. The number of benzene rings is 1. The second kappa shape index (κ2) is 5.96. The Balaban J connectivity index is 2.11. The topological polar surface area (TPSA) is 59.3 Å². The van der Waals surface area contributed by atoms with Crippen LogP contribution in [0.1, 0.15) is 18.9 Å². The molecule has 1 aromatic heterocycles. The number of fused-ring (bicyclic) bond motifs is 1. The maximum Gasteiger partial charge on any atom is 0.329 e. The van der Waals surface area contributed by atoms with Gasteiger partial charge in [0.05, 0.1) is 11.0 Å². The summed E-state index contributed by atoms with van der Waals surface area (Å²) in [6.45, 7) is 1.94. The Hall–Kier alpha value is -2.08. The maximum atomic E-state index is 12.9. The molecule has 118 valence electrons. The lowest BCUT2D eigenvalue weighted by Gasteiger charge is -2.23. The smallest absolute Gasteiger partial charge is 0.329 e. The van der Waals surface area contributed by atoms with Crippen molar-refractivity contribution in [2.75, 3.05) is 27.2 Å². The van der Waals surface area contributed by atoms with Gasteiger partial charge in [-0.1, -0.05) is 12.1 Å². The van der Waals surface area contributed by atoms with E-state index >= 15 is 0 Å². The van der Waals surface area contributed by atoms with Gasteiger partial charge in [-0.15, -0.1) is 0 Å². The van der Waals surface area contributed by atoms with Crippen LogP contribution in [0.3, 0.4) is 0 Å². The van der Waals surface area contributed by atoms with Gasteiger partial charge in [0, 0.05) is 20.1 Å². The largest absolute Gasteiger partial charge is 0.347 e. The number of hydrogen-bond acceptors (Lipinski definition) is 3. The van der Waals surface area contributed by atoms with Crippen LogP contribution in [-0.4, -0.2) is 47.1 Å². The number of amides is 1. The first-order chi connectivity index (χ1) is 10.6. The molecular formula is C16H22N4O2. The molecule has 1 saturated heterocycles. The highest BCUT2D eigenvalue weighted by atomic mass is 16.2. The van der Waals surface area contributed by atoms with Crippen LogP contribution in [-0.2, 0) is 11.3 Å². The van der Waals surface area contributed by atoms with E-state index in [1.807, 2.05) is 28.8 Å². The average molecular weight is 302 g/mol. The standard InChI is InChI=1S/C16H22N4O2/c1-18(2)15(21)11-19-13-5-3-4-6-14(13)20(16(19)22)12-7-9-17-10-8-12/h3-6,12,17H,7-11H2,1-2H3. The van der Waals surface area contributed by atoms with Crippen LogP contribution >= 0.6 is 0 Å². The highest BCUT2D eigenvalue weighted by Crippen LogP contribution is 2.23. The Morgan fingerprint density at radius 3 is 2.50 bits per heavy atom. The van der Waals surface area contributed by atoms with E-state index in [0.29, 0.717) is 0 Å². The normalized spacial score (nSPS) is 16.1. The summed E-state index contributed by atoms with van der Waals surface area (Å²) < 4.78 is 3.47. The van der Waals surface area contributed by atoms with Crippen LogP contribution in [0.15, 0.2) is 29.1 Å². The molecule has 0 spiro atoms. The fraction of sp³-hybridized carbons (Fsp3) is 0.500. The Morgan fingerprint density at radius 2 is 1.86 bits per heavy atom. The molecule has 0 unspecified atom stereocenters. The predicted molar refractivity (Wildman–Crippen MR) is 86.0 cm³/mol. The zero-order chi connectivity index (χ0) is 15.7. The van der Waals surface area contributed by atoms with Crippen molar-refractivity contribution < 1.29 is 4.79 Å². The molecule has 6 heteroatoms. The fourth-order valence-corrected chi connectivity index (χ4v) is 3.08. The first-order valence-corrected chi connectivity index (χ1v) is 7.70. The van der Waals surface area contributed by atoms with Gasteiger partial charge in [-0.05, 0) is 38.1 Å². The summed E-state index contributed by atoms with van der Waals surface area (Å²) >= 11 is 0. The van der Waals surface area contributed by atoms with Crippen LogP contribution in [0.25, 0.3) is 11.0 Å². The van der Waals surface area contributed by atoms with Crippen molar-refractivity contribution in [1.82, 2.24) is 19.4 Å². The van der Waals surface area contributed by atoms with Crippen molar-refractivity contribution in [1.29, 1.82) is 0 Å². The lowest BCUT2D eigenvalue weighted by molar-refractivity contribution is -0.129. The number of likely N-dealkylation sites (N-methyl/N-ethyl adjacent to an activating group) is 1. The lowest BCUT2D eigenvalue weighted by Crippen LogP contribution is -2.36. The lowest BCUT2D eigenvalue weighted by atomic mass is 10.1. The van der Waals surface area contributed by atoms with Crippen molar-refractivity contribution in [3.8, 4) is 0 Å². The molecular weight excluding hydrogens is 280 g/mol. The number of carbonyl (C=O) groups is 1. The minimum atomic E-state index is -0.0803. The predicted octanol–water partition coefficient (Wildman–Crippen LogP) is 0.816. The summed E-state index contributed by atoms with van der Waals surface area (Å²) in [6.07, 6.45) is 1.88. The van der Waals surface area contributed by atoms with E-state index in [1.165, 1.54) is 4.90 Å². The second-order valence-electron chi connectivity index (χ2n) is 6.00. The fourth-order valence-electron chi connectivity index (χ4n) is 3.08. The summed E-state index contributed by atoms with van der Waals surface area (Å²) in [6, 6.07) is 7.93. The third-order valence-electron chi connectivity index (χ3n) is 4.34. The number of nitrogens with one attached hydrogen (secondary N) is 1. The Morgan fingerprint density at radius 1 is 1.23 bits per heavy atom. The average Bonchev–Trinajstić information content (AvgIpc) is 2.80. The van der Waals surface area contributed by atoms with Gasteiger partial charge in [-0.25, -0.2) is 4.79 Å². The third-order valence-corrected chi connectivity index (χ3v) is 4.34. The number of carbonyl (C=O) groups excluding carboxylic acids is 1. The van der Waals surface area contributed by atoms with Crippen molar-refractivity contribution >= 4 is 16.9 Å². The van der Waals surface area contributed by atoms with E-state index in [2.05, 4.69) is 5.32 Å². The molecule has 22 heavy (non-hydrogen) atoms. The molecule has 3 rings (SSSR count). The van der Waals surface area contributed by atoms with E-state index in [9.17, 15) is 9.59 Å². The summed E-state index contributed by atoms with van der Waals surface area (Å²) in [5.74, 6) is -0.0738. The third kappa shape index (κ3) is 2.54. The van der Waals surface area contributed by atoms with Crippen molar-refractivity contribution in [3.63, 3.8) is 0 Å². The van der Waals surface area contributed by atoms with E-state index in [4.69, 9.17) is 0 Å². The minimum absolute atomic E-state index is 0.0738. The Kier molecular flexibility index (Phi) is 4.02. The molecule has 0 saturated carbocycles. The van der Waals surface area contributed by atoms with Crippen LogP contribution in [0.2, 0.25) is 0 Å². The second-order valence-corrected chi connectivity index (χ2v) is 6.00. The van der Waals surface area contributed by atoms with Gasteiger partial charge in [0.25, 0.3) is 0 Å². The highest BCUT2D eigenvalue weighted by molar-refractivity contribution is 5.80. The van der Waals surface area contributed by atoms with Crippen LogP contribution in [0.5, 0.6) is 0 Å². The molecule has 1 fully saturated rings. The van der Waals surface area contributed by atoms with E-state index in [1.54, 1.807) is 18.7 Å². The van der Waals surface area contributed by atoms with Gasteiger partial charge in [-0.3, -0.25) is 13.9 Å². The minimum Gasteiger partial charge on any atom is -0.347 e. The first kappa shape index (κ1) is 14.8. The molecule has 0 aliphatic carbocycles. The Labute approximate surface area is 129 Å². The van der Waals surface area contributed by atoms with Crippen LogP contribution < -0.4 is 11.0 Å². The molecule has 1 amide bonds.